The van der Waals surface area contributed by atoms with Gasteiger partial charge in [-0.2, -0.15) is 0 Å². The second-order valence-electron chi connectivity index (χ2n) is 15.1. The van der Waals surface area contributed by atoms with E-state index in [0.717, 1.165) is 64.4 Å². The highest BCUT2D eigenvalue weighted by Crippen LogP contribution is 2.50. The van der Waals surface area contributed by atoms with Gasteiger partial charge in [0.1, 0.15) is 17.6 Å². The predicted molar refractivity (Wildman–Crippen MR) is 171 cm³/mol. The molecule has 46 heavy (non-hydrogen) atoms. The van der Waals surface area contributed by atoms with Gasteiger partial charge in [-0.05, 0) is 43.4 Å². The van der Waals surface area contributed by atoms with E-state index in [-0.39, 0.29) is 54.9 Å². The van der Waals surface area contributed by atoms with Crippen molar-refractivity contribution in [2.45, 2.75) is 126 Å². The molecule has 4 bridgehead atoms. The molecule has 2 aromatic carbocycles. The van der Waals surface area contributed by atoms with E-state index in [1.807, 2.05) is 36.4 Å². The molecule has 0 aromatic heterocycles. The van der Waals surface area contributed by atoms with Gasteiger partial charge in [-0.1, -0.05) is 54.6 Å². The highest BCUT2D eigenvalue weighted by atomic mass is 35.5. The second-order valence-corrected chi connectivity index (χ2v) is 15.1. The lowest BCUT2D eigenvalue weighted by Gasteiger charge is -2.47. The van der Waals surface area contributed by atoms with E-state index >= 15 is 0 Å². The third-order valence-corrected chi connectivity index (χ3v) is 13.6. The molecule has 4 aliphatic heterocycles. The van der Waals surface area contributed by atoms with E-state index in [2.05, 4.69) is 46.1 Å². The van der Waals surface area contributed by atoms with Crippen molar-refractivity contribution in [2.24, 2.45) is 0 Å². The fourth-order valence-corrected chi connectivity index (χ4v) is 10.5. The second kappa shape index (κ2) is 13.4. The summed E-state index contributed by atoms with van der Waals surface area (Å²) < 4.78 is 15.2. The largest absolute Gasteiger partial charge is 1.00 e. The van der Waals surface area contributed by atoms with Gasteiger partial charge in [-0.15, -0.1) is 0 Å². The molecule has 10 atom stereocenters. The number of esters is 2. The van der Waals surface area contributed by atoms with Gasteiger partial charge >= 0.3 is 11.9 Å². The summed E-state index contributed by atoms with van der Waals surface area (Å²) in [4.78, 5) is 28.6. The smallest absolute Gasteiger partial charge is 0.321 e. The van der Waals surface area contributed by atoms with Crippen LogP contribution in [0.2, 0.25) is 0 Å². The van der Waals surface area contributed by atoms with Crippen molar-refractivity contribution in [3.63, 3.8) is 0 Å². The summed E-state index contributed by atoms with van der Waals surface area (Å²) in [7, 11) is 4.78. The van der Waals surface area contributed by atoms with Crippen molar-refractivity contribution < 1.29 is 52.8 Å². The van der Waals surface area contributed by atoms with Gasteiger partial charge in [0.15, 0.2) is 0 Å². The first-order chi connectivity index (χ1) is 21.2. The summed E-state index contributed by atoms with van der Waals surface area (Å²) in [5, 5.41) is 0. The van der Waals surface area contributed by atoms with Crippen LogP contribution in [-0.2, 0) is 24.5 Å². The minimum atomic E-state index is -0.932. The zero-order chi connectivity index (χ0) is 30.7. The van der Waals surface area contributed by atoms with E-state index in [9.17, 15) is 9.59 Å². The zero-order valence-corrected chi connectivity index (χ0v) is 29.5. The molecule has 2 aromatic rings. The first kappa shape index (κ1) is 35.2. The number of rotatable bonds is 7. The molecule has 4 heterocycles. The maximum Gasteiger partial charge on any atom is 0.321 e. The molecule has 1 aliphatic carbocycles. The SMILES string of the molecule is CC[N+]1(C)[C@@H]2CC[C@H]1CC(OC(=O)[C@H]1CC[C@](C(=O)OC3C[C@H]4CC[C@@H](C3)[N+]4(C)CC)(c3ccccc3)c3ccccc31)C2.[Cl-].[Cl-]. The first-order valence-corrected chi connectivity index (χ1v) is 17.5. The van der Waals surface area contributed by atoms with Crippen molar-refractivity contribution in [3.05, 3.63) is 71.3 Å². The van der Waals surface area contributed by atoms with Crippen LogP contribution in [0.15, 0.2) is 54.6 Å². The number of piperidine rings is 2. The van der Waals surface area contributed by atoms with Crippen LogP contribution >= 0.6 is 0 Å². The number of carbonyl (C=O) groups is 2. The molecule has 4 saturated heterocycles. The normalized spacial score (nSPS) is 38.9. The van der Waals surface area contributed by atoms with E-state index in [0.29, 0.717) is 37.0 Å². The molecule has 0 N–H and O–H groups in total. The zero-order valence-electron chi connectivity index (χ0n) is 28.0. The molecule has 4 fully saturated rings. The Morgan fingerprint density at radius 2 is 1.17 bits per heavy atom. The highest BCUT2D eigenvalue weighted by molar-refractivity contribution is 5.91. The Bertz CT molecular complexity index is 1380. The number of nitrogens with zero attached hydrogens (tertiary/aromatic N) is 2. The van der Waals surface area contributed by atoms with Crippen LogP contribution < -0.4 is 24.8 Å². The summed E-state index contributed by atoms with van der Waals surface area (Å²) >= 11 is 0. The Morgan fingerprint density at radius 1 is 0.696 bits per heavy atom. The third kappa shape index (κ3) is 5.49. The number of hydrogen-bond acceptors (Lipinski definition) is 4. The fourth-order valence-electron chi connectivity index (χ4n) is 10.5. The Morgan fingerprint density at radius 3 is 1.70 bits per heavy atom. The summed E-state index contributed by atoms with van der Waals surface area (Å²) in [5.41, 5.74) is 1.86. The third-order valence-electron chi connectivity index (χ3n) is 13.6. The van der Waals surface area contributed by atoms with Crippen LogP contribution in [0.5, 0.6) is 0 Å². The number of benzene rings is 2. The average Bonchev–Trinajstić information content (AvgIpc) is 3.29. The number of quaternary nitrogens is 2. The monoisotopic (exact) mass is 670 g/mol. The van der Waals surface area contributed by atoms with Gasteiger partial charge in [-0.25, -0.2) is 0 Å². The Kier molecular flexibility index (Phi) is 10.3. The van der Waals surface area contributed by atoms with E-state index in [1.54, 1.807) is 0 Å². The molecule has 7 rings (SSSR count). The van der Waals surface area contributed by atoms with Crippen LogP contribution in [0.3, 0.4) is 0 Å². The number of fused-ring (bicyclic) bond motifs is 5. The van der Waals surface area contributed by atoms with E-state index in [1.165, 1.54) is 25.7 Å². The Balaban J connectivity index is 0.00000208. The maximum absolute atomic E-state index is 14.6. The van der Waals surface area contributed by atoms with Crippen molar-refractivity contribution >= 4 is 11.9 Å². The first-order valence-electron chi connectivity index (χ1n) is 17.5. The molecular weight excluding hydrogens is 619 g/mol. The fraction of sp³-hybridized carbons (Fsp3) is 0.632. The van der Waals surface area contributed by atoms with Gasteiger partial charge in [0, 0.05) is 51.4 Å². The van der Waals surface area contributed by atoms with Gasteiger partial charge in [0.25, 0.3) is 0 Å². The summed E-state index contributed by atoms with van der Waals surface area (Å²) in [6.07, 6.45) is 9.75. The van der Waals surface area contributed by atoms with Crippen LogP contribution in [-0.4, -0.2) is 84.5 Å². The summed E-state index contributed by atoms with van der Waals surface area (Å²) in [5.74, 6) is -0.638. The summed E-state index contributed by atoms with van der Waals surface area (Å²) in [6.45, 7) is 6.86. The standard InChI is InChI=1S/C38H52N2O4.2ClH/c1-5-39(3)27-16-17-28(39)23-31(22-27)43-36(41)34-20-21-38(26-12-8-7-9-13-26,35-15-11-10-14-33(34)35)37(42)44-32-24-29-18-19-30(25-32)40(29,4)6-2;;/h7-15,27-32,34H,5-6,16-25H2,1-4H3;2*1H/q+2;;/p-2/t27-,28+,29-,30+,31?,32?,34-,38-,39?,40?;;/m0../s1. The topological polar surface area (TPSA) is 52.6 Å². The predicted octanol–water partition coefficient (Wildman–Crippen LogP) is 0.264. The lowest BCUT2D eigenvalue weighted by Crippen LogP contribution is -3.00. The molecule has 0 radical (unpaired) electrons. The van der Waals surface area contributed by atoms with Crippen LogP contribution in [0.1, 0.15) is 101 Å². The maximum atomic E-state index is 14.6. The molecule has 0 amide bonds. The molecular formula is C38H52Cl2N2O4. The van der Waals surface area contributed by atoms with Gasteiger partial charge in [0.05, 0.1) is 57.3 Å². The molecule has 0 spiro atoms. The number of carbonyl (C=O) groups excluding carboxylic acids is 2. The molecule has 0 saturated carbocycles. The minimum Gasteiger partial charge on any atom is -1.00 e. The van der Waals surface area contributed by atoms with Crippen LogP contribution in [0.4, 0.5) is 0 Å². The van der Waals surface area contributed by atoms with Crippen molar-refractivity contribution in [3.8, 4) is 0 Å². The molecule has 5 aliphatic rings. The van der Waals surface area contributed by atoms with Crippen molar-refractivity contribution in [1.29, 1.82) is 0 Å². The van der Waals surface area contributed by atoms with Crippen molar-refractivity contribution in [2.75, 3.05) is 27.2 Å². The van der Waals surface area contributed by atoms with Gasteiger partial charge < -0.3 is 43.3 Å². The minimum absolute atomic E-state index is 0. The van der Waals surface area contributed by atoms with Crippen LogP contribution in [0, 0.1) is 0 Å². The molecule has 6 nitrogen and oxygen atoms in total. The van der Waals surface area contributed by atoms with Gasteiger partial charge in [0.2, 0.25) is 0 Å². The van der Waals surface area contributed by atoms with E-state index in [4.69, 9.17) is 9.47 Å². The van der Waals surface area contributed by atoms with E-state index < -0.39 is 5.41 Å². The lowest BCUT2D eigenvalue weighted by molar-refractivity contribution is -0.947. The lowest BCUT2D eigenvalue weighted by atomic mass is 9.63. The van der Waals surface area contributed by atoms with Gasteiger partial charge in [-0.3, -0.25) is 9.59 Å². The number of halogens is 2. The van der Waals surface area contributed by atoms with Crippen LogP contribution in [0.25, 0.3) is 0 Å². The summed E-state index contributed by atoms with van der Waals surface area (Å²) in [6, 6.07) is 20.5. The number of ether oxygens (including phenoxy) is 2. The van der Waals surface area contributed by atoms with Crippen molar-refractivity contribution in [1.82, 2.24) is 0 Å². The Hall–Kier alpha value is -2.12. The Labute approximate surface area is 288 Å². The quantitative estimate of drug-likeness (QED) is 0.314. The molecule has 4 unspecified atom stereocenters. The molecule has 252 valence electrons. The average molecular weight is 672 g/mol. The number of hydrogen-bond donors (Lipinski definition) is 0. The highest BCUT2D eigenvalue weighted by Gasteiger charge is 2.55. The molecule has 8 heteroatoms.